The van der Waals surface area contributed by atoms with E-state index in [0.717, 1.165) is 54.7 Å². The number of hydrogen-bond donors (Lipinski definition) is 0. The van der Waals surface area contributed by atoms with Crippen LogP contribution in [0, 0.1) is 17.7 Å². The molecule has 0 aliphatic rings. The lowest BCUT2D eigenvalue weighted by Crippen LogP contribution is -2.02. The van der Waals surface area contributed by atoms with Gasteiger partial charge >= 0.3 is 0 Å². The summed E-state index contributed by atoms with van der Waals surface area (Å²) in [6.45, 7) is 0.900. The van der Waals surface area contributed by atoms with Gasteiger partial charge in [-0.1, -0.05) is 48.4 Å². The minimum Gasteiger partial charge on any atom is -0.330 e. The monoisotopic (exact) mass is 423 g/mol. The number of hydrogen-bond acceptors (Lipinski definition) is 2. The van der Waals surface area contributed by atoms with Crippen LogP contribution in [-0.2, 0) is 25.8 Å². The van der Waals surface area contributed by atoms with E-state index in [0.29, 0.717) is 6.42 Å². The van der Waals surface area contributed by atoms with Crippen LogP contribution in [0.4, 0.5) is 4.39 Å². The number of halogens is 1. The van der Waals surface area contributed by atoms with E-state index in [-0.39, 0.29) is 5.82 Å². The van der Waals surface area contributed by atoms with Gasteiger partial charge in [-0.2, -0.15) is 0 Å². The predicted molar refractivity (Wildman–Crippen MR) is 126 cm³/mol. The Bertz CT molecular complexity index is 1170. The smallest absolute Gasteiger partial charge is 0.123 e. The fourth-order valence-corrected chi connectivity index (χ4v) is 3.76. The van der Waals surface area contributed by atoms with Crippen LogP contribution in [0.2, 0.25) is 0 Å². The van der Waals surface area contributed by atoms with E-state index in [1.54, 1.807) is 0 Å². The maximum Gasteiger partial charge on any atom is 0.123 e. The molecule has 0 aliphatic carbocycles. The summed E-state index contributed by atoms with van der Waals surface area (Å²) in [5.41, 5.74) is 5.67. The van der Waals surface area contributed by atoms with Gasteiger partial charge in [0.25, 0.3) is 0 Å². The van der Waals surface area contributed by atoms with Crippen LogP contribution in [0.3, 0.4) is 0 Å². The molecule has 2 aromatic carbocycles. The van der Waals surface area contributed by atoms with E-state index >= 15 is 0 Å². The lowest BCUT2D eigenvalue weighted by molar-refractivity contribution is 0.627. The van der Waals surface area contributed by atoms with Crippen molar-refractivity contribution in [1.82, 2.24) is 14.5 Å². The zero-order valence-electron chi connectivity index (χ0n) is 18.0. The summed E-state index contributed by atoms with van der Waals surface area (Å²) in [4.78, 5) is 8.84. The Morgan fingerprint density at radius 2 is 1.56 bits per heavy atom. The third kappa shape index (κ3) is 5.92. The molecule has 32 heavy (non-hydrogen) atoms. The molecule has 0 bridgehead atoms. The van der Waals surface area contributed by atoms with Crippen LogP contribution in [0.15, 0.2) is 85.5 Å². The summed E-state index contributed by atoms with van der Waals surface area (Å²) in [6, 6.07) is 21.2. The highest BCUT2D eigenvalue weighted by molar-refractivity contribution is 5.62. The van der Waals surface area contributed by atoms with Gasteiger partial charge in [0.15, 0.2) is 0 Å². The number of aromatic nitrogens is 3. The van der Waals surface area contributed by atoms with Crippen LogP contribution < -0.4 is 0 Å². The van der Waals surface area contributed by atoms with Gasteiger partial charge in [0.05, 0.1) is 24.1 Å². The first kappa shape index (κ1) is 21.5. The summed E-state index contributed by atoms with van der Waals surface area (Å²) in [6.07, 6.45) is 9.80. The maximum atomic E-state index is 13.0. The normalized spacial score (nSPS) is 10.5. The van der Waals surface area contributed by atoms with Crippen LogP contribution in [0.5, 0.6) is 0 Å². The molecule has 4 heteroatoms. The molecule has 0 radical (unpaired) electrons. The van der Waals surface area contributed by atoms with Crippen LogP contribution in [0.1, 0.15) is 29.7 Å². The van der Waals surface area contributed by atoms with Crippen molar-refractivity contribution in [2.45, 2.75) is 38.6 Å². The van der Waals surface area contributed by atoms with E-state index in [1.807, 2.05) is 49.1 Å². The Hall–Kier alpha value is -3.71. The van der Waals surface area contributed by atoms with Crippen molar-refractivity contribution in [1.29, 1.82) is 0 Å². The number of pyridine rings is 1. The standard InChI is InChI=1S/C28H26FN3/c29-26-15-13-24(14-16-26)10-5-2-6-12-27-28(25-17-19-30-20-18-25)32(22-31-27)21-7-11-23-8-3-1-4-9-23/h1,3-4,8-9,13-20,22H,5,7,10-12,21H2. The Kier molecular flexibility index (Phi) is 7.44. The van der Waals surface area contributed by atoms with Crippen molar-refractivity contribution in [3.8, 4) is 23.1 Å². The second-order valence-corrected chi connectivity index (χ2v) is 7.72. The molecular formula is C28H26FN3. The van der Waals surface area contributed by atoms with Gasteiger partial charge in [-0.3, -0.25) is 4.98 Å². The summed E-state index contributed by atoms with van der Waals surface area (Å²) < 4.78 is 15.3. The third-order valence-electron chi connectivity index (χ3n) is 5.41. The van der Waals surface area contributed by atoms with Gasteiger partial charge in [-0.25, -0.2) is 9.37 Å². The molecule has 4 aromatic rings. The Labute approximate surface area is 189 Å². The minimum absolute atomic E-state index is 0.206. The molecule has 160 valence electrons. The lowest BCUT2D eigenvalue weighted by Gasteiger charge is -2.10. The average Bonchev–Trinajstić information content (AvgIpc) is 3.24. The van der Waals surface area contributed by atoms with Crippen LogP contribution >= 0.6 is 0 Å². The highest BCUT2D eigenvalue weighted by atomic mass is 19.1. The molecule has 0 amide bonds. The van der Waals surface area contributed by atoms with Crippen molar-refractivity contribution in [2.24, 2.45) is 0 Å². The number of imidazole rings is 1. The topological polar surface area (TPSA) is 30.7 Å². The molecule has 2 aromatic heterocycles. The second kappa shape index (κ2) is 11.1. The van der Waals surface area contributed by atoms with E-state index in [9.17, 15) is 4.39 Å². The lowest BCUT2D eigenvalue weighted by atomic mass is 10.1. The largest absolute Gasteiger partial charge is 0.330 e. The van der Waals surface area contributed by atoms with Crippen LogP contribution in [-0.4, -0.2) is 14.5 Å². The molecule has 3 nitrogen and oxygen atoms in total. The molecule has 0 atom stereocenters. The molecule has 0 saturated heterocycles. The van der Waals surface area contributed by atoms with Gasteiger partial charge in [0.1, 0.15) is 5.82 Å². The molecular weight excluding hydrogens is 397 g/mol. The quantitative estimate of drug-likeness (QED) is 0.331. The van der Waals surface area contributed by atoms with Gasteiger partial charge in [0.2, 0.25) is 0 Å². The molecule has 4 rings (SSSR count). The van der Waals surface area contributed by atoms with Gasteiger partial charge in [0, 0.05) is 30.9 Å². The third-order valence-corrected chi connectivity index (χ3v) is 5.41. The molecule has 0 fully saturated rings. The summed E-state index contributed by atoms with van der Waals surface area (Å²) in [5.74, 6) is 6.31. The van der Waals surface area contributed by atoms with Crippen molar-refractivity contribution in [3.63, 3.8) is 0 Å². The van der Waals surface area contributed by atoms with Crippen molar-refractivity contribution in [3.05, 3.63) is 108 Å². The molecule has 0 unspecified atom stereocenters. The zero-order valence-corrected chi connectivity index (χ0v) is 18.0. The molecule has 0 N–H and O–H groups in total. The number of benzene rings is 2. The van der Waals surface area contributed by atoms with E-state index in [4.69, 9.17) is 0 Å². The highest BCUT2D eigenvalue weighted by Gasteiger charge is 2.12. The first-order chi connectivity index (χ1) is 15.8. The Morgan fingerprint density at radius 3 is 2.34 bits per heavy atom. The maximum absolute atomic E-state index is 13.0. The highest BCUT2D eigenvalue weighted by Crippen LogP contribution is 2.24. The zero-order chi connectivity index (χ0) is 22.0. The Morgan fingerprint density at radius 1 is 0.812 bits per heavy atom. The van der Waals surface area contributed by atoms with E-state index in [2.05, 4.69) is 50.6 Å². The second-order valence-electron chi connectivity index (χ2n) is 7.72. The van der Waals surface area contributed by atoms with E-state index < -0.39 is 0 Å². The van der Waals surface area contributed by atoms with Crippen molar-refractivity contribution >= 4 is 0 Å². The fraction of sp³-hybridized carbons (Fsp3) is 0.214. The predicted octanol–water partition coefficient (Wildman–Crippen LogP) is 5.90. The molecule has 0 aliphatic heterocycles. The summed E-state index contributed by atoms with van der Waals surface area (Å²) in [7, 11) is 0. The first-order valence-corrected chi connectivity index (χ1v) is 11.0. The van der Waals surface area contributed by atoms with Crippen molar-refractivity contribution < 1.29 is 4.39 Å². The van der Waals surface area contributed by atoms with E-state index in [1.165, 1.54) is 17.7 Å². The average molecular weight is 424 g/mol. The SMILES string of the molecule is Fc1ccc(CCC#CCc2ncn(CCCc3ccccc3)c2-c2ccncc2)cc1. The van der Waals surface area contributed by atoms with Gasteiger partial charge in [-0.05, 0) is 54.7 Å². The van der Waals surface area contributed by atoms with Crippen LogP contribution in [0.25, 0.3) is 11.3 Å². The molecule has 2 heterocycles. The number of aryl methyl sites for hydroxylation is 3. The molecule has 0 spiro atoms. The molecule has 0 saturated carbocycles. The minimum atomic E-state index is -0.206. The summed E-state index contributed by atoms with van der Waals surface area (Å²) in [5, 5.41) is 0. The van der Waals surface area contributed by atoms with Crippen molar-refractivity contribution in [2.75, 3.05) is 0 Å². The summed E-state index contributed by atoms with van der Waals surface area (Å²) >= 11 is 0. The number of rotatable bonds is 8. The number of nitrogens with zero attached hydrogens (tertiary/aromatic N) is 3. The van der Waals surface area contributed by atoms with Gasteiger partial charge in [-0.15, -0.1) is 5.92 Å². The Balaban J connectivity index is 1.42. The fourth-order valence-electron chi connectivity index (χ4n) is 3.76. The van der Waals surface area contributed by atoms with Gasteiger partial charge < -0.3 is 4.57 Å². The first-order valence-electron chi connectivity index (χ1n) is 11.0.